The summed E-state index contributed by atoms with van der Waals surface area (Å²) in [6, 6.07) is 7.43. The van der Waals surface area contributed by atoms with E-state index in [4.69, 9.17) is 48.0 Å². The van der Waals surface area contributed by atoms with Crippen LogP contribution in [0.1, 0.15) is 72.7 Å². The van der Waals surface area contributed by atoms with Gasteiger partial charge in [0.25, 0.3) is 0 Å². The van der Waals surface area contributed by atoms with E-state index < -0.39 is 45.9 Å². The molecule has 15 nitrogen and oxygen atoms in total. The second kappa shape index (κ2) is 17.3. The molecule has 1 aromatic carbocycles. The number of hydrogen-bond donors (Lipinski definition) is 1. The van der Waals surface area contributed by atoms with Crippen molar-refractivity contribution in [2.75, 3.05) is 32.5 Å². The van der Waals surface area contributed by atoms with E-state index in [1.165, 1.54) is 0 Å². The van der Waals surface area contributed by atoms with Crippen LogP contribution in [0.5, 0.6) is 0 Å². The van der Waals surface area contributed by atoms with Crippen molar-refractivity contribution in [1.82, 2.24) is 14.5 Å². The number of nitrogen functional groups attached to an aromatic ring is 1. The normalized spacial score (nSPS) is 12.6. The van der Waals surface area contributed by atoms with E-state index in [0.717, 1.165) is 22.8 Å². The Bertz CT molecular complexity index is 1430. The molecule has 0 aliphatic rings. The van der Waals surface area contributed by atoms with E-state index in [0.29, 0.717) is 36.6 Å². The van der Waals surface area contributed by atoms with Gasteiger partial charge in [-0.05, 0) is 53.5 Å². The Balaban J connectivity index is 1.84. The van der Waals surface area contributed by atoms with Crippen molar-refractivity contribution in [3.63, 3.8) is 0 Å². The number of phosphoric ester groups is 1. The smallest absolute Gasteiger partial charge is 0.432 e. The van der Waals surface area contributed by atoms with Crippen molar-refractivity contribution >= 4 is 47.9 Å². The Morgan fingerprint density at radius 1 is 0.911 bits per heavy atom. The van der Waals surface area contributed by atoms with Crippen LogP contribution in [-0.4, -0.2) is 65.9 Å². The number of nitrogens with two attached hydrogens (primary N) is 1. The predicted molar refractivity (Wildman–Crippen MR) is 164 cm³/mol. The third-order valence-corrected chi connectivity index (χ3v) is 7.53. The largest absolute Gasteiger partial charge is 0.510 e. The number of carbonyl (C=O) groups excluding carboxylic acids is 2. The quantitative estimate of drug-likeness (QED) is 0.0876. The first-order valence-electron chi connectivity index (χ1n) is 14.8. The number of aromatic nitrogens is 3. The van der Waals surface area contributed by atoms with E-state index in [1.54, 1.807) is 27.7 Å². The molecule has 0 bridgehead atoms. The maximum absolute atomic E-state index is 13.5. The topological polar surface area (TPSA) is 182 Å². The molecule has 3 aromatic rings. The van der Waals surface area contributed by atoms with E-state index in [9.17, 15) is 14.2 Å². The molecule has 0 spiro atoms. The average molecular weight is 655 g/mol. The molecule has 0 saturated carbocycles. The maximum atomic E-state index is 13.5. The summed E-state index contributed by atoms with van der Waals surface area (Å²) in [6.07, 6.45) is -1.12. The minimum absolute atomic E-state index is 0.124. The van der Waals surface area contributed by atoms with Gasteiger partial charge in [0.1, 0.15) is 17.9 Å². The van der Waals surface area contributed by atoms with Crippen molar-refractivity contribution in [3.05, 3.63) is 30.1 Å². The lowest BCUT2D eigenvalue weighted by Crippen LogP contribution is -2.18. The molecule has 45 heavy (non-hydrogen) atoms. The Morgan fingerprint density at radius 2 is 1.53 bits per heavy atom. The maximum Gasteiger partial charge on any atom is 0.510 e. The van der Waals surface area contributed by atoms with Gasteiger partial charge < -0.3 is 34.0 Å². The third-order valence-electron chi connectivity index (χ3n) is 6.19. The molecule has 0 fully saturated rings. The van der Waals surface area contributed by atoms with Crippen LogP contribution in [0.4, 0.5) is 15.4 Å². The zero-order valence-electron chi connectivity index (χ0n) is 26.6. The first-order chi connectivity index (χ1) is 21.5. The summed E-state index contributed by atoms with van der Waals surface area (Å²) >= 11 is 0. The van der Waals surface area contributed by atoms with Gasteiger partial charge in [0.2, 0.25) is 13.6 Å². The number of ether oxygens (including phenoxy) is 5. The number of pyridine rings is 1. The van der Waals surface area contributed by atoms with Crippen LogP contribution in [0.15, 0.2) is 24.3 Å². The summed E-state index contributed by atoms with van der Waals surface area (Å²) in [5.41, 5.74) is 8.42. The van der Waals surface area contributed by atoms with Crippen LogP contribution in [0.3, 0.4) is 0 Å². The van der Waals surface area contributed by atoms with Crippen molar-refractivity contribution in [2.45, 2.75) is 85.7 Å². The molecule has 2 N–H and O–H groups in total. The Morgan fingerprint density at radius 3 is 2.11 bits per heavy atom. The second-order valence-corrected chi connectivity index (χ2v) is 12.0. The molecule has 0 amide bonds. The number of hydrogen-bond acceptors (Lipinski definition) is 14. The number of imidazole rings is 1. The summed E-state index contributed by atoms with van der Waals surface area (Å²) in [5, 5.41) is 0.868. The molecular weight excluding hydrogens is 611 g/mol. The Hall–Kier alpha value is -3.49. The van der Waals surface area contributed by atoms with Crippen molar-refractivity contribution in [2.24, 2.45) is 0 Å². The van der Waals surface area contributed by atoms with Gasteiger partial charge in [-0.1, -0.05) is 31.5 Å². The lowest BCUT2D eigenvalue weighted by molar-refractivity contribution is -0.0457. The van der Waals surface area contributed by atoms with Gasteiger partial charge in [0.05, 0.1) is 29.8 Å². The number of carbonyl (C=O) groups is 2. The molecule has 0 saturated heterocycles. The summed E-state index contributed by atoms with van der Waals surface area (Å²) < 4.78 is 56.7. The van der Waals surface area contributed by atoms with Gasteiger partial charge in [0, 0.05) is 18.0 Å². The number of nitrogens with zero attached hydrogens (tertiary/aromatic N) is 3. The van der Waals surface area contributed by atoms with Crippen LogP contribution in [-0.2, 0) is 48.4 Å². The number of anilines is 1. The van der Waals surface area contributed by atoms with Gasteiger partial charge in [0.15, 0.2) is 5.82 Å². The van der Waals surface area contributed by atoms with E-state index in [2.05, 4.69) is 9.55 Å². The summed E-state index contributed by atoms with van der Waals surface area (Å²) in [5.74, 6) is 0.949. The highest BCUT2D eigenvalue weighted by molar-refractivity contribution is 7.48. The third kappa shape index (κ3) is 10.5. The molecular formula is C29H43N4O11P. The number of fused-ring (bicyclic) bond motifs is 3. The summed E-state index contributed by atoms with van der Waals surface area (Å²) in [4.78, 5) is 32.9. The molecule has 16 heteroatoms. The van der Waals surface area contributed by atoms with E-state index in [-0.39, 0.29) is 19.3 Å². The fourth-order valence-electron chi connectivity index (χ4n) is 4.44. The van der Waals surface area contributed by atoms with Gasteiger partial charge in [-0.2, -0.15) is 0 Å². The summed E-state index contributed by atoms with van der Waals surface area (Å²) in [6.45, 7) is 9.46. The van der Waals surface area contributed by atoms with Crippen molar-refractivity contribution in [1.29, 1.82) is 0 Å². The zero-order valence-corrected chi connectivity index (χ0v) is 27.4. The molecule has 0 radical (unpaired) electrons. The van der Waals surface area contributed by atoms with Gasteiger partial charge in [-0.25, -0.2) is 33.2 Å². The van der Waals surface area contributed by atoms with E-state index >= 15 is 0 Å². The summed E-state index contributed by atoms with van der Waals surface area (Å²) in [7, 11) is -4.42. The first kappa shape index (κ1) is 36.0. The SMILES string of the molecule is CCCC(CCOP(=O)(OCOC(=O)OC(C)C)OCOC(=O)OC(C)C)n1c(COCC)nc2c(N)nc3ccccc3c21. The first-order valence-corrected chi connectivity index (χ1v) is 16.3. The second-order valence-electron chi connectivity index (χ2n) is 10.4. The van der Waals surface area contributed by atoms with Crippen LogP contribution in [0.2, 0.25) is 0 Å². The predicted octanol–water partition coefficient (Wildman–Crippen LogP) is 6.63. The Kier molecular flexibility index (Phi) is 13.8. The zero-order chi connectivity index (χ0) is 33.0. The molecule has 0 aliphatic heterocycles. The van der Waals surface area contributed by atoms with Gasteiger partial charge >= 0.3 is 20.1 Å². The van der Waals surface area contributed by atoms with Crippen LogP contribution < -0.4 is 5.73 Å². The highest BCUT2D eigenvalue weighted by Gasteiger charge is 2.30. The average Bonchev–Trinajstić information content (AvgIpc) is 3.35. The monoisotopic (exact) mass is 654 g/mol. The van der Waals surface area contributed by atoms with Gasteiger partial charge in [-0.15, -0.1) is 0 Å². The number of benzene rings is 1. The highest BCUT2D eigenvalue weighted by atomic mass is 31.2. The fourth-order valence-corrected chi connectivity index (χ4v) is 5.35. The minimum Gasteiger partial charge on any atom is -0.432 e. The fraction of sp³-hybridized carbons (Fsp3) is 0.586. The van der Waals surface area contributed by atoms with Crippen LogP contribution in [0, 0.1) is 0 Å². The molecule has 2 heterocycles. The number of phosphoric acid groups is 1. The molecule has 1 unspecified atom stereocenters. The lowest BCUT2D eigenvalue weighted by Gasteiger charge is -2.23. The highest BCUT2D eigenvalue weighted by Crippen LogP contribution is 2.50. The van der Waals surface area contributed by atoms with Crippen molar-refractivity contribution in [3.8, 4) is 0 Å². The van der Waals surface area contributed by atoms with Crippen LogP contribution in [0.25, 0.3) is 21.9 Å². The number of para-hydroxylation sites is 1. The Labute approximate surface area is 262 Å². The molecule has 3 rings (SSSR count). The lowest BCUT2D eigenvalue weighted by atomic mass is 10.1. The molecule has 1 atom stereocenters. The van der Waals surface area contributed by atoms with Crippen molar-refractivity contribution < 1.29 is 51.4 Å². The van der Waals surface area contributed by atoms with Crippen LogP contribution >= 0.6 is 7.82 Å². The van der Waals surface area contributed by atoms with Gasteiger partial charge in [-0.3, -0.25) is 4.52 Å². The molecule has 250 valence electrons. The number of rotatable bonds is 18. The standard InChI is InChI=1S/C29H43N4O11P/c1-7-11-21(33-24(16-37-8-2)32-25-26(33)22-12-9-10-13-23(22)31-27(25)30)14-15-40-45(36,41-17-38-28(34)43-19(3)4)42-18-39-29(35)44-20(5)6/h9-10,12-13,19-21H,7-8,11,14-18H2,1-6H3,(H2,30,31). The molecule has 0 aliphatic carbocycles. The molecule has 2 aromatic heterocycles. The van der Waals surface area contributed by atoms with E-state index in [1.807, 2.05) is 38.1 Å². The minimum atomic E-state index is -4.42.